The van der Waals surface area contributed by atoms with Gasteiger partial charge in [-0.25, -0.2) is 0 Å². The largest absolute Gasteiger partial charge is 0.493 e. The average molecular weight is 220 g/mol. The molecule has 1 N–H and O–H groups in total. The Morgan fingerprint density at radius 2 is 2.38 bits per heavy atom. The highest BCUT2D eigenvalue weighted by Crippen LogP contribution is 2.30. The van der Waals surface area contributed by atoms with Crippen LogP contribution in [0.4, 0.5) is 0 Å². The number of para-hydroxylation sites is 1. The highest BCUT2D eigenvalue weighted by atomic mass is 16.5. The number of ether oxygens (including phenoxy) is 1. The minimum absolute atomic E-state index is 0.294. The molecule has 0 radical (unpaired) electrons. The fourth-order valence-corrected chi connectivity index (χ4v) is 1.98. The van der Waals surface area contributed by atoms with E-state index < -0.39 is 5.97 Å². The van der Waals surface area contributed by atoms with Crippen molar-refractivity contribution in [1.82, 2.24) is 0 Å². The minimum Gasteiger partial charge on any atom is -0.493 e. The van der Waals surface area contributed by atoms with E-state index in [-0.39, 0.29) is 5.92 Å². The Kier molecular flexibility index (Phi) is 3.13. The van der Waals surface area contributed by atoms with E-state index in [0.29, 0.717) is 6.42 Å². The number of aliphatic carboxylic acids is 1. The summed E-state index contributed by atoms with van der Waals surface area (Å²) < 4.78 is 5.57. The van der Waals surface area contributed by atoms with Gasteiger partial charge in [0.15, 0.2) is 0 Å². The van der Waals surface area contributed by atoms with Crippen molar-refractivity contribution in [2.24, 2.45) is 5.92 Å². The third-order valence-corrected chi connectivity index (χ3v) is 3.06. The maximum atomic E-state index is 10.7. The maximum absolute atomic E-state index is 10.7. The third-order valence-electron chi connectivity index (χ3n) is 3.06. The van der Waals surface area contributed by atoms with E-state index in [1.807, 2.05) is 12.1 Å². The summed E-state index contributed by atoms with van der Waals surface area (Å²) in [6.45, 7) is 2.49. The van der Waals surface area contributed by atoms with E-state index in [1.54, 1.807) is 6.92 Å². The molecule has 0 saturated carbocycles. The van der Waals surface area contributed by atoms with Crippen molar-refractivity contribution in [3.05, 3.63) is 29.3 Å². The fourth-order valence-electron chi connectivity index (χ4n) is 1.98. The van der Waals surface area contributed by atoms with E-state index in [1.165, 1.54) is 5.56 Å². The van der Waals surface area contributed by atoms with Gasteiger partial charge in [-0.05, 0) is 24.0 Å². The highest BCUT2D eigenvalue weighted by Gasteiger charge is 2.17. The number of hydrogen-bond acceptors (Lipinski definition) is 2. The van der Waals surface area contributed by atoms with Crippen LogP contribution >= 0.6 is 0 Å². The first-order valence-corrected chi connectivity index (χ1v) is 5.65. The fraction of sp³-hybridized carbons (Fsp3) is 0.462. The minimum atomic E-state index is -0.728. The summed E-state index contributed by atoms with van der Waals surface area (Å²) in [5.41, 5.74) is 2.39. The third kappa shape index (κ3) is 2.18. The summed E-state index contributed by atoms with van der Waals surface area (Å²) in [5.74, 6) is -0.0363. The Morgan fingerprint density at radius 3 is 3.12 bits per heavy atom. The van der Waals surface area contributed by atoms with Crippen molar-refractivity contribution in [2.45, 2.75) is 26.2 Å². The van der Waals surface area contributed by atoms with Crippen molar-refractivity contribution in [1.29, 1.82) is 0 Å². The molecular weight excluding hydrogens is 204 g/mol. The molecule has 0 saturated heterocycles. The topological polar surface area (TPSA) is 46.5 Å². The van der Waals surface area contributed by atoms with Gasteiger partial charge in [-0.15, -0.1) is 0 Å². The van der Waals surface area contributed by atoms with E-state index >= 15 is 0 Å². The van der Waals surface area contributed by atoms with Crippen LogP contribution in [0.15, 0.2) is 18.2 Å². The lowest BCUT2D eigenvalue weighted by molar-refractivity contribution is -0.141. The van der Waals surface area contributed by atoms with Gasteiger partial charge in [-0.2, -0.15) is 0 Å². The summed E-state index contributed by atoms with van der Waals surface area (Å²) >= 11 is 0. The summed E-state index contributed by atoms with van der Waals surface area (Å²) in [6.07, 6.45) is 2.41. The number of benzene rings is 1. The maximum Gasteiger partial charge on any atom is 0.306 e. The van der Waals surface area contributed by atoms with Crippen LogP contribution in [0.2, 0.25) is 0 Å². The van der Waals surface area contributed by atoms with Gasteiger partial charge < -0.3 is 9.84 Å². The molecule has 0 fully saturated rings. The number of aryl methyl sites for hydroxylation is 1. The Labute approximate surface area is 95.0 Å². The Balaban J connectivity index is 2.05. The first-order chi connectivity index (χ1) is 7.68. The summed E-state index contributed by atoms with van der Waals surface area (Å²) in [4.78, 5) is 10.7. The molecule has 3 nitrogen and oxygen atoms in total. The zero-order valence-corrected chi connectivity index (χ0v) is 9.40. The van der Waals surface area contributed by atoms with Gasteiger partial charge in [-0.3, -0.25) is 4.79 Å². The van der Waals surface area contributed by atoms with E-state index in [2.05, 4.69) is 6.07 Å². The first-order valence-electron chi connectivity index (χ1n) is 5.65. The summed E-state index contributed by atoms with van der Waals surface area (Å²) in [6, 6.07) is 6.12. The number of carbonyl (C=O) groups is 1. The lowest BCUT2D eigenvalue weighted by Gasteiger charge is -2.09. The molecule has 0 spiro atoms. The van der Waals surface area contributed by atoms with Crippen molar-refractivity contribution >= 4 is 5.97 Å². The standard InChI is InChI=1S/C13H16O3/c1-9(13(14)15)5-6-10-3-2-4-11-7-8-16-12(10)11/h2-4,9H,5-8H2,1H3,(H,14,15). The molecule has 0 aromatic heterocycles. The molecule has 2 rings (SSSR count). The molecule has 0 aliphatic carbocycles. The van der Waals surface area contributed by atoms with Crippen molar-refractivity contribution in [3.8, 4) is 5.75 Å². The van der Waals surface area contributed by atoms with Crippen LogP contribution in [0.5, 0.6) is 5.75 Å². The van der Waals surface area contributed by atoms with Crippen LogP contribution in [-0.4, -0.2) is 17.7 Å². The molecule has 1 aromatic rings. The van der Waals surface area contributed by atoms with Crippen molar-refractivity contribution in [3.63, 3.8) is 0 Å². The zero-order valence-electron chi connectivity index (χ0n) is 9.40. The molecule has 1 unspecified atom stereocenters. The van der Waals surface area contributed by atoms with Crippen LogP contribution in [0.25, 0.3) is 0 Å². The van der Waals surface area contributed by atoms with E-state index in [4.69, 9.17) is 9.84 Å². The molecular formula is C13H16O3. The second-order valence-corrected chi connectivity index (χ2v) is 4.28. The molecule has 1 heterocycles. The molecule has 1 atom stereocenters. The van der Waals surface area contributed by atoms with Crippen LogP contribution in [-0.2, 0) is 17.6 Å². The lowest BCUT2D eigenvalue weighted by Crippen LogP contribution is -2.10. The summed E-state index contributed by atoms with van der Waals surface area (Å²) in [5, 5.41) is 8.82. The van der Waals surface area contributed by atoms with Gasteiger partial charge in [0.05, 0.1) is 12.5 Å². The second kappa shape index (κ2) is 4.56. The molecule has 0 bridgehead atoms. The van der Waals surface area contributed by atoms with Gasteiger partial charge in [-0.1, -0.05) is 25.1 Å². The molecule has 86 valence electrons. The molecule has 1 aromatic carbocycles. The summed E-state index contributed by atoms with van der Waals surface area (Å²) in [7, 11) is 0. The van der Waals surface area contributed by atoms with Gasteiger partial charge in [0, 0.05) is 6.42 Å². The van der Waals surface area contributed by atoms with Crippen molar-refractivity contribution < 1.29 is 14.6 Å². The SMILES string of the molecule is CC(CCc1cccc2c1OCC2)C(=O)O. The van der Waals surface area contributed by atoms with Crippen LogP contribution < -0.4 is 4.74 Å². The smallest absolute Gasteiger partial charge is 0.306 e. The zero-order chi connectivity index (χ0) is 11.5. The molecule has 0 amide bonds. The highest BCUT2D eigenvalue weighted by molar-refractivity contribution is 5.69. The number of rotatable bonds is 4. The van der Waals surface area contributed by atoms with Crippen LogP contribution in [0.1, 0.15) is 24.5 Å². The van der Waals surface area contributed by atoms with Gasteiger partial charge in [0.2, 0.25) is 0 Å². The Morgan fingerprint density at radius 1 is 1.56 bits per heavy atom. The van der Waals surface area contributed by atoms with Crippen LogP contribution in [0.3, 0.4) is 0 Å². The first kappa shape index (κ1) is 11.0. The predicted octanol–water partition coefficient (Wildman–Crippen LogP) is 2.27. The van der Waals surface area contributed by atoms with Gasteiger partial charge >= 0.3 is 5.97 Å². The van der Waals surface area contributed by atoms with E-state index in [9.17, 15) is 4.79 Å². The predicted molar refractivity (Wildman–Crippen MR) is 60.8 cm³/mol. The number of carboxylic acids is 1. The molecule has 16 heavy (non-hydrogen) atoms. The average Bonchev–Trinajstić information content (AvgIpc) is 2.73. The lowest BCUT2D eigenvalue weighted by atomic mass is 9.99. The monoisotopic (exact) mass is 220 g/mol. The number of hydrogen-bond donors (Lipinski definition) is 1. The van der Waals surface area contributed by atoms with Gasteiger partial charge in [0.1, 0.15) is 5.75 Å². The second-order valence-electron chi connectivity index (χ2n) is 4.28. The number of carboxylic acid groups (broad SMARTS) is 1. The molecule has 1 aliphatic rings. The van der Waals surface area contributed by atoms with Crippen molar-refractivity contribution in [2.75, 3.05) is 6.61 Å². The normalized spacial score (nSPS) is 15.3. The number of fused-ring (bicyclic) bond motifs is 1. The molecule has 1 aliphatic heterocycles. The van der Waals surface area contributed by atoms with Gasteiger partial charge in [0.25, 0.3) is 0 Å². The van der Waals surface area contributed by atoms with E-state index in [0.717, 1.165) is 30.8 Å². The Bertz CT molecular complexity index is 398. The molecule has 3 heteroatoms. The van der Waals surface area contributed by atoms with Crippen LogP contribution in [0, 0.1) is 5.92 Å². The Hall–Kier alpha value is -1.51. The quantitative estimate of drug-likeness (QED) is 0.846.